The zero-order valence-electron chi connectivity index (χ0n) is 54.5. The van der Waals surface area contributed by atoms with Gasteiger partial charge in [-0.2, -0.15) is 0 Å². The minimum atomic E-state index is 1.23. The highest BCUT2D eigenvalue weighted by Crippen LogP contribution is 2.53. The Morgan fingerprint density at radius 1 is 0.130 bits per heavy atom. The number of fused-ring (bicyclic) bond motifs is 9. The van der Waals surface area contributed by atoms with Crippen molar-refractivity contribution in [2.24, 2.45) is 0 Å². The van der Waals surface area contributed by atoms with Crippen molar-refractivity contribution < 1.29 is 0 Å². The van der Waals surface area contributed by atoms with Crippen molar-refractivity contribution in [1.29, 1.82) is 0 Å². The van der Waals surface area contributed by atoms with Crippen LogP contribution in [0.5, 0.6) is 0 Å². The number of hydrogen-bond acceptors (Lipinski definition) is 0. The zero-order chi connectivity index (χ0) is 64.0. The summed E-state index contributed by atoms with van der Waals surface area (Å²) in [6, 6.07) is 126. The van der Waals surface area contributed by atoms with E-state index in [2.05, 4.69) is 352 Å². The Balaban J connectivity index is 0.000000151. The van der Waals surface area contributed by atoms with Gasteiger partial charge in [0.1, 0.15) is 0 Å². The van der Waals surface area contributed by atoms with E-state index in [1.165, 1.54) is 141 Å². The van der Waals surface area contributed by atoms with E-state index in [9.17, 15) is 0 Å². The molecule has 0 N–H and O–H groups in total. The van der Waals surface area contributed by atoms with Crippen molar-refractivity contribution in [2.75, 3.05) is 0 Å². The zero-order valence-corrected chi connectivity index (χ0v) is 54.5. The van der Waals surface area contributed by atoms with Gasteiger partial charge in [0.05, 0.1) is 0 Å². The topological polar surface area (TPSA) is 0 Å². The molecule has 0 aliphatic heterocycles. The third kappa shape index (κ3) is 14.1. The summed E-state index contributed by atoms with van der Waals surface area (Å²) in [6.45, 7) is 16.0. The van der Waals surface area contributed by atoms with Crippen molar-refractivity contribution in [1.82, 2.24) is 0 Å². The molecule has 0 heterocycles. The molecular weight excluding hydrogens is 1110 g/mol. The molecule has 0 aromatic heterocycles. The summed E-state index contributed by atoms with van der Waals surface area (Å²) in [7, 11) is 0. The van der Waals surface area contributed by atoms with E-state index in [-0.39, 0.29) is 0 Å². The lowest BCUT2D eigenvalue weighted by molar-refractivity contribution is 1.50. The smallest absolute Gasteiger partial charge is 0.000139 e. The second-order valence-electron chi connectivity index (χ2n) is 21.4. The highest BCUT2D eigenvalue weighted by Gasteiger charge is 2.25. The van der Waals surface area contributed by atoms with Crippen LogP contribution in [-0.2, 0) is 0 Å². The first-order chi connectivity index (χ1) is 45.7. The predicted octanol–water partition coefficient (Wildman–Crippen LogP) is 27.9. The molecular formula is C92H82. The molecule has 0 aliphatic carbocycles. The quantitative estimate of drug-likeness (QED) is 0.154. The van der Waals surface area contributed by atoms with E-state index in [1.807, 2.05) is 55.4 Å². The van der Waals surface area contributed by atoms with Gasteiger partial charge in [-0.15, -0.1) is 0 Å². The van der Waals surface area contributed by atoms with Crippen molar-refractivity contribution in [3.05, 3.63) is 352 Å². The molecule has 0 amide bonds. The molecule has 0 spiro atoms. The average Bonchev–Trinajstić information content (AvgIpc) is 0.703. The molecule has 0 saturated heterocycles. The van der Waals surface area contributed by atoms with Crippen LogP contribution in [0, 0.1) is 0 Å². The number of rotatable bonds is 4. The van der Waals surface area contributed by atoms with Gasteiger partial charge in [0.2, 0.25) is 0 Å². The molecule has 0 saturated carbocycles. The SMILES string of the molecule is CC.CC.CC.CC.c1ccc(-c2c3ccccc3c(-c3ccccc3)c3c(-c4ccccc4)c4ccccc4c(-c4ccccc4)c23)cc1.c1ccc2cc3cc4ccccc4cc3cc2c1.c1ccc2cc3ccccc3cc2c1.c1ccc2ccccc2c1. The molecule has 0 unspecified atom stereocenters. The van der Waals surface area contributed by atoms with Gasteiger partial charge in [-0.05, 0) is 178 Å². The normalized spacial score (nSPS) is 10.4. The first-order valence-electron chi connectivity index (χ1n) is 33.0. The van der Waals surface area contributed by atoms with Gasteiger partial charge in [0.15, 0.2) is 0 Å². The summed E-state index contributed by atoms with van der Waals surface area (Å²) in [5.74, 6) is 0. The standard InChI is InChI=1S/C42H28.C18H12.C14H10.C10H8.4C2H6/c1-5-17-29(18-6-1)37-33-25-13-14-26-34(33)39(31-21-9-3-10-22-31)42-40(32-23-11-4-12-24-32)36-28-16-15-27-35(36)38(41(37)42)30-19-7-2-8-20-30;1-2-6-14-10-18-12-16-8-4-3-7-15(16)11-17(18)9-13(14)5-1;1-2-6-12-10-14-8-4-3-7-13(14)9-11(12)5-1;1-2-6-10-8-4-3-7-9(10)5-1;4*1-2/h1-28H;1-12H;1-10H;1-8H;4*1-2H3. The van der Waals surface area contributed by atoms with E-state index in [4.69, 9.17) is 0 Å². The molecule has 450 valence electrons. The lowest BCUT2D eigenvalue weighted by Crippen LogP contribution is -1.97. The number of hydrogen-bond donors (Lipinski definition) is 0. The first-order valence-corrected chi connectivity index (χ1v) is 33.0. The Bertz CT molecular complexity index is 4530. The Morgan fingerprint density at radius 2 is 0.272 bits per heavy atom. The molecule has 0 atom stereocenters. The molecule has 17 rings (SSSR count). The summed E-state index contributed by atoms with van der Waals surface area (Å²) >= 11 is 0. The van der Waals surface area contributed by atoms with E-state index >= 15 is 0 Å². The summed E-state index contributed by atoms with van der Waals surface area (Å²) in [4.78, 5) is 0. The molecule has 0 radical (unpaired) electrons. The maximum Gasteiger partial charge on any atom is -0.000139 e. The summed E-state index contributed by atoms with van der Waals surface area (Å²) in [5, 5.41) is 23.4. The van der Waals surface area contributed by atoms with Crippen LogP contribution in [0.15, 0.2) is 352 Å². The number of benzene rings is 17. The van der Waals surface area contributed by atoms with Gasteiger partial charge in [-0.3, -0.25) is 0 Å². The summed E-state index contributed by atoms with van der Waals surface area (Å²) < 4.78 is 0. The lowest BCUT2D eigenvalue weighted by atomic mass is 9.77. The highest BCUT2D eigenvalue weighted by molar-refractivity contribution is 6.34. The van der Waals surface area contributed by atoms with Crippen LogP contribution in [0.25, 0.3) is 141 Å². The fourth-order valence-electron chi connectivity index (χ4n) is 12.4. The average molecular weight is 1190 g/mol. The Labute approximate surface area is 545 Å². The van der Waals surface area contributed by atoms with Gasteiger partial charge in [-0.1, -0.05) is 371 Å². The second-order valence-corrected chi connectivity index (χ2v) is 21.4. The molecule has 0 bridgehead atoms. The van der Waals surface area contributed by atoms with Crippen molar-refractivity contribution in [2.45, 2.75) is 55.4 Å². The highest BCUT2D eigenvalue weighted by atomic mass is 14.3. The molecule has 0 fully saturated rings. The second kappa shape index (κ2) is 32.0. The fraction of sp³-hybridized carbons (Fsp3) is 0.0870. The maximum atomic E-state index is 2.30. The predicted molar refractivity (Wildman–Crippen MR) is 410 cm³/mol. The third-order valence-electron chi connectivity index (χ3n) is 16.3. The monoisotopic (exact) mass is 1190 g/mol. The van der Waals surface area contributed by atoms with E-state index in [0.717, 1.165) is 0 Å². The maximum absolute atomic E-state index is 2.30. The Hall–Kier alpha value is -10.9. The van der Waals surface area contributed by atoms with E-state index in [1.54, 1.807) is 0 Å². The van der Waals surface area contributed by atoms with Crippen LogP contribution < -0.4 is 0 Å². The van der Waals surface area contributed by atoms with E-state index in [0.29, 0.717) is 0 Å². The van der Waals surface area contributed by atoms with Crippen molar-refractivity contribution in [3.8, 4) is 44.5 Å². The van der Waals surface area contributed by atoms with Gasteiger partial charge < -0.3 is 0 Å². The summed E-state index contributed by atoms with van der Waals surface area (Å²) in [6.07, 6.45) is 0. The largest absolute Gasteiger partial charge is 0.0683 e. The van der Waals surface area contributed by atoms with Gasteiger partial charge in [0.25, 0.3) is 0 Å². The van der Waals surface area contributed by atoms with Gasteiger partial charge >= 0.3 is 0 Å². The molecule has 17 aromatic rings. The van der Waals surface area contributed by atoms with Crippen molar-refractivity contribution in [3.63, 3.8) is 0 Å². The summed E-state index contributed by atoms with van der Waals surface area (Å²) in [5.41, 5.74) is 10.0. The first kappa shape index (κ1) is 64.1. The van der Waals surface area contributed by atoms with Crippen LogP contribution in [0.2, 0.25) is 0 Å². The molecule has 0 aliphatic rings. The van der Waals surface area contributed by atoms with Crippen LogP contribution in [0.1, 0.15) is 55.4 Å². The Morgan fingerprint density at radius 3 is 0.457 bits per heavy atom. The van der Waals surface area contributed by atoms with Crippen LogP contribution in [-0.4, -0.2) is 0 Å². The van der Waals surface area contributed by atoms with E-state index < -0.39 is 0 Å². The minimum Gasteiger partial charge on any atom is -0.0683 e. The van der Waals surface area contributed by atoms with Gasteiger partial charge in [0, 0.05) is 0 Å². The lowest BCUT2D eigenvalue weighted by Gasteiger charge is -2.25. The molecule has 0 heteroatoms. The molecule has 0 nitrogen and oxygen atoms in total. The molecule has 92 heavy (non-hydrogen) atoms. The van der Waals surface area contributed by atoms with Crippen LogP contribution in [0.3, 0.4) is 0 Å². The van der Waals surface area contributed by atoms with Crippen LogP contribution >= 0.6 is 0 Å². The fourth-order valence-corrected chi connectivity index (χ4v) is 12.4. The minimum absolute atomic E-state index is 1.23. The third-order valence-corrected chi connectivity index (χ3v) is 16.3. The van der Waals surface area contributed by atoms with Crippen LogP contribution in [0.4, 0.5) is 0 Å². The Kier molecular flexibility index (Phi) is 22.3. The van der Waals surface area contributed by atoms with Crippen molar-refractivity contribution >= 4 is 97.0 Å². The van der Waals surface area contributed by atoms with Gasteiger partial charge in [-0.25, -0.2) is 0 Å². The molecule has 17 aromatic carbocycles.